The van der Waals surface area contributed by atoms with Crippen LogP contribution in [0.15, 0.2) is 60.7 Å². The van der Waals surface area contributed by atoms with Crippen LogP contribution in [-0.4, -0.2) is 20.2 Å². The maximum atomic E-state index is 2.33. The van der Waals surface area contributed by atoms with Crippen molar-refractivity contribution in [2.45, 2.75) is 24.9 Å². The van der Waals surface area contributed by atoms with Crippen molar-refractivity contribution in [2.24, 2.45) is 0 Å². The Morgan fingerprint density at radius 2 is 1.53 bits per heavy atom. The predicted octanol–water partition coefficient (Wildman–Crippen LogP) is 3.82. The maximum absolute atomic E-state index is 2.33. The Morgan fingerprint density at radius 3 is 2.21 bits per heavy atom. The van der Waals surface area contributed by atoms with E-state index in [2.05, 4.69) is 60.7 Å². The molecule has 0 amide bonds. The van der Waals surface area contributed by atoms with E-state index in [1.54, 1.807) is 5.30 Å². The van der Waals surface area contributed by atoms with Gasteiger partial charge in [0.15, 0.2) is 0 Å². The first-order valence-electron chi connectivity index (χ1n) is 6.79. The summed E-state index contributed by atoms with van der Waals surface area (Å²) in [7, 11) is 0.0727. The third-order valence-corrected chi connectivity index (χ3v) is 6.86. The predicted molar refractivity (Wildman–Crippen MR) is 86.8 cm³/mol. The molecule has 0 nitrogen and oxygen atoms in total. The Hall–Kier alpha value is -1.07. The van der Waals surface area contributed by atoms with Gasteiger partial charge in [0.05, 0.1) is 0 Å². The monoisotopic (exact) mass is 265 g/mol. The van der Waals surface area contributed by atoms with E-state index >= 15 is 0 Å². The highest BCUT2D eigenvalue weighted by Gasteiger charge is 2.27. The molecule has 0 aliphatic carbocycles. The topological polar surface area (TPSA) is 0 Å². The minimum absolute atomic E-state index is 0. The molecule has 3 radical (unpaired) electrons. The number of hydrogen-bond donors (Lipinski definition) is 0. The Balaban J connectivity index is 0.00000133. The van der Waals surface area contributed by atoms with Crippen LogP contribution < -0.4 is 5.30 Å². The molecule has 1 heterocycles. The highest BCUT2D eigenvalue weighted by Crippen LogP contribution is 2.50. The van der Waals surface area contributed by atoms with Gasteiger partial charge in [-0.05, 0) is 42.0 Å². The van der Waals surface area contributed by atoms with E-state index in [1.807, 2.05) is 0 Å². The quantitative estimate of drug-likeness (QED) is 0.584. The second kappa shape index (κ2) is 6.92. The Morgan fingerprint density at radius 1 is 0.895 bits per heavy atom. The molecule has 1 fully saturated rings. The van der Waals surface area contributed by atoms with Crippen molar-refractivity contribution in [3.63, 3.8) is 0 Å². The van der Waals surface area contributed by atoms with Crippen LogP contribution in [0.25, 0.3) is 0 Å². The molecule has 95 valence electrons. The van der Waals surface area contributed by atoms with Crippen LogP contribution in [0.1, 0.15) is 18.4 Å². The molecule has 0 saturated carbocycles. The van der Waals surface area contributed by atoms with Gasteiger partial charge in [-0.2, -0.15) is 0 Å². The molecule has 1 aliphatic heterocycles. The van der Waals surface area contributed by atoms with Gasteiger partial charge in [0.2, 0.25) is 0 Å². The molecular weight excluding hydrogens is 246 g/mol. The fourth-order valence-electron chi connectivity index (χ4n) is 2.89. The van der Waals surface area contributed by atoms with Gasteiger partial charge >= 0.3 is 0 Å². The van der Waals surface area contributed by atoms with Crippen molar-refractivity contribution >= 4 is 21.6 Å². The van der Waals surface area contributed by atoms with Crippen molar-refractivity contribution in [1.82, 2.24) is 0 Å². The Labute approximate surface area is 119 Å². The second-order valence-corrected chi connectivity index (χ2v) is 7.65. The van der Waals surface area contributed by atoms with Crippen molar-refractivity contribution in [2.75, 3.05) is 6.16 Å². The van der Waals surface area contributed by atoms with Crippen LogP contribution in [0.4, 0.5) is 0 Å². The SMILES string of the molecule is [B].c1ccc(C[C@H]2CCC[P@]2c2ccccc2)cc1. The van der Waals surface area contributed by atoms with Crippen LogP contribution in [0.2, 0.25) is 0 Å². The van der Waals surface area contributed by atoms with Crippen LogP contribution in [-0.2, 0) is 6.42 Å². The van der Waals surface area contributed by atoms with Crippen molar-refractivity contribution < 1.29 is 0 Å². The second-order valence-electron chi connectivity index (χ2n) is 5.01. The lowest BCUT2D eigenvalue weighted by Gasteiger charge is -2.20. The third-order valence-electron chi connectivity index (χ3n) is 3.78. The molecule has 0 spiro atoms. The van der Waals surface area contributed by atoms with Gasteiger partial charge in [-0.15, -0.1) is 0 Å². The zero-order valence-corrected chi connectivity index (χ0v) is 12.1. The molecule has 0 unspecified atom stereocenters. The van der Waals surface area contributed by atoms with Gasteiger partial charge in [0.1, 0.15) is 0 Å². The van der Waals surface area contributed by atoms with Gasteiger partial charge in [0.25, 0.3) is 0 Å². The Bertz CT molecular complexity index is 483. The van der Waals surface area contributed by atoms with Gasteiger partial charge in [-0.1, -0.05) is 68.6 Å². The molecule has 1 saturated heterocycles. The molecular formula is C17H19BP. The molecule has 19 heavy (non-hydrogen) atoms. The van der Waals surface area contributed by atoms with Crippen LogP contribution in [0, 0.1) is 0 Å². The zero-order chi connectivity index (χ0) is 12.2. The molecule has 3 rings (SSSR count). The Kier molecular flexibility index (Phi) is 5.22. The molecule has 2 aromatic rings. The molecule has 1 aliphatic rings. The fourth-order valence-corrected chi connectivity index (χ4v) is 5.94. The van der Waals surface area contributed by atoms with Crippen LogP contribution >= 0.6 is 7.92 Å². The first kappa shape index (κ1) is 14.3. The van der Waals surface area contributed by atoms with Crippen LogP contribution in [0.3, 0.4) is 0 Å². The summed E-state index contributed by atoms with van der Waals surface area (Å²) in [6.07, 6.45) is 5.52. The van der Waals surface area contributed by atoms with Gasteiger partial charge < -0.3 is 0 Å². The van der Waals surface area contributed by atoms with E-state index in [9.17, 15) is 0 Å². The third kappa shape index (κ3) is 3.48. The van der Waals surface area contributed by atoms with Crippen molar-refractivity contribution in [1.29, 1.82) is 0 Å². The summed E-state index contributed by atoms with van der Waals surface area (Å²) >= 11 is 0. The maximum Gasteiger partial charge on any atom is 0 e. The largest absolute Gasteiger partial charge is 0.0718 e. The molecule has 0 bridgehead atoms. The van der Waals surface area contributed by atoms with E-state index in [4.69, 9.17) is 0 Å². The molecule has 2 aromatic carbocycles. The van der Waals surface area contributed by atoms with Crippen molar-refractivity contribution in [3.05, 3.63) is 66.2 Å². The fraction of sp³-hybridized carbons (Fsp3) is 0.294. The number of benzene rings is 2. The first-order chi connectivity index (χ1) is 8.93. The van der Waals surface area contributed by atoms with E-state index in [0.717, 1.165) is 5.66 Å². The van der Waals surface area contributed by atoms with Crippen molar-refractivity contribution in [3.8, 4) is 0 Å². The minimum Gasteiger partial charge on any atom is -0.0718 e. The summed E-state index contributed by atoms with van der Waals surface area (Å²) in [5.74, 6) is 0. The molecule has 0 aromatic heterocycles. The van der Waals surface area contributed by atoms with E-state index in [0.29, 0.717) is 0 Å². The molecule has 0 N–H and O–H groups in total. The highest BCUT2D eigenvalue weighted by molar-refractivity contribution is 7.66. The highest BCUT2D eigenvalue weighted by atomic mass is 31.1. The average molecular weight is 265 g/mol. The van der Waals surface area contributed by atoms with Gasteiger partial charge in [0, 0.05) is 8.41 Å². The van der Waals surface area contributed by atoms with E-state index in [-0.39, 0.29) is 16.3 Å². The summed E-state index contributed by atoms with van der Waals surface area (Å²) in [6.45, 7) is 0. The summed E-state index contributed by atoms with van der Waals surface area (Å²) < 4.78 is 0. The summed E-state index contributed by atoms with van der Waals surface area (Å²) in [5.41, 5.74) is 2.40. The first-order valence-corrected chi connectivity index (χ1v) is 8.39. The lowest BCUT2D eigenvalue weighted by Crippen LogP contribution is -2.12. The van der Waals surface area contributed by atoms with E-state index < -0.39 is 0 Å². The smallest absolute Gasteiger partial charge is 0 e. The summed E-state index contributed by atoms with van der Waals surface area (Å²) in [6, 6.07) is 22.1. The standard InChI is InChI=1S/C17H19P.B/c1-3-8-15(9-4-1)14-17-12-7-13-18(17)16-10-5-2-6-11-16;/h1-6,8-11,17H,7,12-14H2;/t17-,18-;/m1./s1. The normalized spacial score (nSPS) is 21.9. The average Bonchev–Trinajstić information content (AvgIpc) is 2.89. The summed E-state index contributed by atoms with van der Waals surface area (Å²) in [4.78, 5) is 0. The number of rotatable bonds is 3. The lowest BCUT2D eigenvalue weighted by molar-refractivity contribution is 0.774. The lowest BCUT2D eigenvalue weighted by atomic mass is 10.1. The minimum atomic E-state index is 0. The number of hydrogen-bond acceptors (Lipinski definition) is 0. The zero-order valence-electron chi connectivity index (χ0n) is 11.2. The van der Waals surface area contributed by atoms with E-state index in [1.165, 1.54) is 31.0 Å². The summed E-state index contributed by atoms with van der Waals surface area (Å²) in [5, 5.41) is 1.60. The van der Waals surface area contributed by atoms with Crippen LogP contribution in [0.5, 0.6) is 0 Å². The molecule has 2 heteroatoms. The van der Waals surface area contributed by atoms with Gasteiger partial charge in [-0.3, -0.25) is 0 Å². The van der Waals surface area contributed by atoms with Gasteiger partial charge in [-0.25, -0.2) is 0 Å². The molecule has 2 atom stereocenters.